The number of rotatable bonds is 5. The van der Waals surface area contributed by atoms with Gasteiger partial charge >= 0.3 is 0 Å². The Hall–Kier alpha value is -0.350. The van der Waals surface area contributed by atoms with E-state index in [2.05, 4.69) is 51.9 Å². The third-order valence-corrected chi connectivity index (χ3v) is 4.88. The number of hydrogen-bond donors (Lipinski definition) is 1. The van der Waals surface area contributed by atoms with Crippen LogP contribution in [0.1, 0.15) is 57.7 Å². The molecule has 0 aromatic carbocycles. The van der Waals surface area contributed by atoms with Crippen LogP contribution in [-0.2, 0) is 6.54 Å². The highest BCUT2D eigenvalue weighted by Crippen LogP contribution is 2.48. The third kappa shape index (κ3) is 2.50. The first-order chi connectivity index (χ1) is 8.62. The van der Waals surface area contributed by atoms with Crippen molar-refractivity contribution in [3.8, 4) is 0 Å². The summed E-state index contributed by atoms with van der Waals surface area (Å²) in [4.78, 5) is 0. The molecule has 1 N–H and O–H groups in total. The summed E-state index contributed by atoms with van der Waals surface area (Å²) in [6.45, 7) is 5.61. The van der Waals surface area contributed by atoms with Gasteiger partial charge in [-0.2, -0.15) is 5.10 Å². The number of halogens is 1. The van der Waals surface area contributed by atoms with E-state index in [4.69, 9.17) is 0 Å². The van der Waals surface area contributed by atoms with E-state index < -0.39 is 0 Å². The van der Waals surface area contributed by atoms with Crippen molar-refractivity contribution < 1.29 is 0 Å². The van der Waals surface area contributed by atoms with Gasteiger partial charge in [0.25, 0.3) is 0 Å². The summed E-state index contributed by atoms with van der Waals surface area (Å²) in [5.41, 5.74) is 1.69. The van der Waals surface area contributed by atoms with Gasteiger partial charge in [0.05, 0.1) is 22.4 Å². The molecule has 0 saturated heterocycles. The van der Waals surface area contributed by atoms with Gasteiger partial charge in [-0.05, 0) is 47.7 Å². The molecular weight excluding hydrogens is 290 g/mol. The summed E-state index contributed by atoms with van der Waals surface area (Å²) in [5, 5.41) is 8.04. The molecule has 1 fully saturated rings. The Bertz CT molecular complexity index is 394. The van der Waals surface area contributed by atoms with Crippen LogP contribution in [0, 0.1) is 5.41 Å². The van der Waals surface area contributed by atoms with Gasteiger partial charge in [-0.1, -0.05) is 26.7 Å². The summed E-state index contributed by atoms with van der Waals surface area (Å²) < 4.78 is 3.30. The van der Waals surface area contributed by atoms with Crippen molar-refractivity contribution in [3.63, 3.8) is 0 Å². The average Bonchev–Trinajstić information content (AvgIpc) is 2.92. The average molecular weight is 314 g/mol. The maximum Gasteiger partial charge on any atom is 0.0701 e. The highest BCUT2D eigenvalue weighted by molar-refractivity contribution is 9.10. The van der Waals surface area contributed by atoms with Crippen LogP contribution in [0.25, 0.3) is 0 Å². The first kappa shape index (κ1) is 14.1. The van der Waals surface area contributed by atoms with E-state index in [1.807, 2.05) is 6.20 Å². The zero-order valence-electron chi connectivity index (χ0n) is 11.7. The van der Waals surface area contributed by atoms with Gasteiger partial charge in [-0.3, -0.25) is 4.68 Å². The van der Waals surface area contributed by atoms with Crippen molar-refractivity contribution in [2.24, 2.45) is 5.41 Å². The monoisotopic (exact) mass is 313 g/mol. The van der Waals surface area contributed by atoms with E-state index >= 15 is 0 Å². The van der Waals surface area contributed by atoms with E-state index in [1.54, 1.807) is 0 Å². The van der Waals surface area contributed by atoms with Crippen LogP contribution >= 0.6 is 15.9 Å². The first-order valence-electron chi connectivity index (χ1n) is 7.01. The van der Waals surface area contributed by atoms with Crippen molar-refractivity contribution in [1.29, 1.82) is 0 Å². The molecule has 2 rings (SSSR count). The Morgan fingerprint density at radius 2 is 2.17 bits per heavy atom. The number of aryl methyl sites for hydroxylation is 1. The lowest BCUT2D eigenvalue weighted by Gasteiger charge is -2.34. The normalized spacial score (nSPS) is 20.2. The number of nitrogens with one attached hydrogen (secondary N) is 1. The molecule has 1 aromatic heterocycles. The lowest BCUT2D eigenvalue weighted by molar-refractivity contribution is 0.221. The first-order valence-corrected chi connectivity index (χ1v) is 7.80. The summed E-state index contributed by atoms with van der Waals surface area (Å²) in [6.07, 6.45) is 8.38. The van der Waals surface area contributed by atoms with Gasteiger partial charge in [-0.15, -0.1) is 0 Å². The predicted octanol–water partition coefficient (Wildman–Crippen LogP) is 3.90. The van der Waals surface area contributed by atoms with Crippen LogP contribution in [0.3, 0.4) is 0 Å². The molecule has 1 aromatic rings. The molecule has 0 spiro atoms. The molecule has 3 nitrogen and oxygen atoms in total. The van der Waals surface area contributed by atoms with Crippen LogP contribution in [0.15, 0.2) is 10.7 Å². The molecule has 1 saturated carbocycles. The van der Waals surface area contributed by atoms with Gasteiger partial charge in [0.2, 0.25) is 0 Å². The van der Waals surface area contributed by atoms with Crippen LogP contribution in [0.4, 0.5) is 0 Å². The van der Waals surface area contributed by atoms with E-state index in [0.717, 1.165) is 17.4 Å². The van der Waals surface area contributed by atoms with Gasteiger partial charge in [-0.25, -0.2) is 0 Å². The molecule has 4 heteroatoms. The summed E-state index contributed by atoms with van der Waals surface area (Å²) in [5.74, 6) is 0. The SMILES string of the molecule is CCCn1ncc(Br)c1C(NC)C1(C)CCCC1. The third-order valence-electron chi connectivity index (χ3n) is 4.27. The minimum absolute atomic E-state index is 0.364. The fourth-order valence-electron chi connectivity index (χ4n) is 3.34. The maximum absolute atomic E-state index is 4.51. The minimum Gasteiger partial charge on any atom is -0.311 e. The number of aromatic nitrogens is 2. The summed E-state index contributed by atoms with van der Waals surface area (Å²) in [7, 11) is 2.07. The molecule has 0 bridgehead atoms. The second-order valence-corrected chi connectivity index (χ2v) is 6.54. The van der Waals surface area contributed by atoms with E-state index in [-0.39, 0.29) is 0 Å². The topological polar surface area (TPSA) is 29.9 Å². The quantitative estimate of drug-likeness (QED) is 0.893. The number of nitrogens with zero attached hydrogens (tertiary/aromatic N) is 2. The van der Waals surface area contributed by atoms with E-state index in [0.29, 0.717) is 11.5 Å². The highest BCUT2D eigenvalue weighted by atomic mass is 79.9. The van der Waals surface area contributed by atoms with Gasteiger partial charge in [0.1, 0.15) is 0 Å². The zero-order valence-corrected chi connectivity index (χ0v) is 13.3. The molecule has 1 heterocycles. The van der Waals surface area contributed by atoms with E-state index in [1.165, 1.54) is 31.4 Å². The minimum atomic E-state index is 0.364. The van der Waals surface area contributed by atoms with Gasteiger partial charge in [0, 0.05) is 6.54 Å². The molecule has 1 aliphatic carbocycles. The van der Waals surface area contributed by atoms with E-state index in [9.17, 15) is 0 Å². The zero-order chi connectivity index (χ0) is 13.2. The summed E-state index contributed by atoms with van der Waals surface area (Å²) in [6, 6.07) is 0.392. The van der Waals surface area contributed by atoms with Crippen LogP contribution in [0.2, 0.25) is 0 Å². The molecule has 0 amide bonds. The van der Waals surface area contributed by atoms with Crippen molar-refractivity contribution in [2.75, 3.05) is 7.05 Å². The molecule has 1 unspecified atom stereocenters. The molecule has 0 aliphatic heterocycles. The van der Waals surface area contributed by atoms with Crippen molar-refractivity contribution >= 4 is 15.9 Å². The number of hydrogen-bond acceptors (Lipinski definition) is 2. The largest absolute Gasteiger partial charge is 0.311 e. The molecular formula is C14H24BrN3. The fourth-order valence-corrected chi connectivity index (χ4v) is 3.86. The second kappa shape index (κ2) is 5.74. The lowest BCUT2D eigenvalue weighted by Crippen LogP contribution is -2.34. The van der Waals surface area contributed by atoms with Gasteiger partial charge < -0.3 is 5.32 Å². The van der Waals surface area contributed by atoms with Crippen LogP contribution in [-0.4, -0.2) is 16.8 Å². The Labute approximate surface area is 118 Å². The molecule has 0 radical (unpaired) electrons. The molecule has 1 atom stereocenters. The smallest absolute Gasteiger partial charge is 0.0701 e. The predicted molar refractivity (Wildman–Crippen MR) is 78.6 cm³/mol. The van der Waals surface area contributed by atoms with Crippen molar-refractivity contribution in [1.82, 2.24) is 15.1 Å². The maximum atomic E-state index is 4.51. The fraction of sp³-hybridized carbons (Fsp3) is 0.786. The second-order valence-electron chi connectivity index (χ2n) is 5.68. The van der Waals surface area contributed by atoms with Crippen LogP contribution < -0.4 is 5.32 Å². The van der Waals surface area contributed by atoms with Crippen LogP contribution in [0.5, 0.6) is 0 Å². The standard InChI is InChI=1S/C14H24BrN3/c1-4-9-18-12(11(15)10-17-18)13(16-3)14(2)7-5-6-8-14/h10,13,16H,4-9H2,1-3H3. The van der Waals surface area contributed by atoms with Gasteiger partial charge in [0.15, 0.2) is 0 Å². The van der Waals surface area contributed by atoms with Crippen molar-refractivity contribution in [2.45, 2.75) is 58.5 Å². The summed E-state index contributed by atoms with van der Waals surface area (Å²) >= 11 is 3.68. The highest BCUT2D eigenvalue weighted by Gasteiger charge is 2.39. The molecule has 18 heavy (non-hydrogen) atoms. The lowest BCUT2D eigenvalue weighted by atomic mass is 9.79. The molecule has 1 aliphatic rings. The Morgan fingerprint density at radius 1 is 1.50 bits per heavy atom. The molecule has 102 valence electrons. The Kier molecular flexibility index (Phi) is 4.49. The van der Waals surface area contributed by atoms with Crippen molar-refractivity contribution in [3.05, 3.63) is 16.4 Å². The Morgan fingerprint density at radius 3 is 2.72 bits per heavy atom. The Balaban J connectivity index is 2.34.